The van der Waals surface area contributed by atoms with Crippen LogP contribution in [0.15, 0.2) is 23.7 Å². The summed E-state index contributed by atoms with van der Waals surface area (Å²) in [5, 5.41) is 6.60. The zero-order chi connectivity index (χ0) is 9.52. The lowest BCUT2D eigenvalue weighted by Crippen LogP contribution is -2.19. The first-order valence-corrected chi connectivity index (χ1v) is 5.46. The molecule has 1 heterocycles. The molecule has 0 bridgehead atoms. The third kappa shape index (κ3) is 3.70. The number of hydrogen-bond donors (Lipinski definition) is 1. The van der Waals surface area contributed by atoms with Crippen molar-refractivity contribution in [1.82, 2.24) is 10.3 Å². The Labute approximate surface area is 83.7 Å². The fourth-order valence-electron chi connectivity index (χ4n) is 1.09. The Kier molecular flexibility index (Phi) is 4.72. The van der Waals surface area contributed by atoms with Crippen LogP contribution < -0.4 is 5.32 Å². The number of allylic oxidation sites excluding steroid dienone is 1. The van der Waals surface area contributed by atoms with Crippen molar-refractivity contribution in [2.24, 2.45) is 0 Å². The Morgan fingerprint density at radius 1 is 1.69 bits per heavy atom. The molecule has 0 spiro atoms. The molecular weight excluding hydrogens is 180 g/mol. The minimum atomic E-state index is 0.380. The summed E-state index contributed by atoms with van der Waals surface area (Å²) in [6.07, 6.45) is 7.19. The summed E-state index contributed by atoms with van der Waals surface area (Å²) in [7, 11) is 0. The first-order valence-electron chi connectivity index (χ1n) is 4.58. The van der Waals surface area contributed by atoms with Crippen LogP contribution in [0.4, 0.5) is 0 Å². The zero-order valence-corrected chi connectivity index (χ0v) is 8.97. The van der Waals surface area contributed by atoms with E-state index < -0.39 is 0 Å². The molecular formula is C10H16N2S. The number of rotatable bonds is 5. The largest absolute Gasteiger partial charge is 0.308 e. The van der Waals surface area contributed by atoms with Crippen LogP contribution in [-0.4, -0.2) is 11.5 Å². The topological polar surface area (TPSA) is 24.9 Å². The van der Waals surface area contributed by atoms with Crippen LogP contribution in [0.2, 0.25) is 0 Å². The van der Waals surface area contributed by atoms with Crippen LogP contribution >= 0.6 is 11.3 Å². The minimum absolute atomic E-state index is 0.380. The second-order valence-corrected chi connectivity index (χ2v) is 3.83. The fraction of sp³-hybridized carbons (Fsp3) is 0.500. The van der Waals surface area contributed by atoms with Gasteiger partial charge in [0.15, 0.2) is 0 Å². The second kappa shape index (κ2) is 5.89. The van der Waals surface area contributed by atoms with E-state index in [0.29, 0.717) is 6.04 Å². The van der Waals surface area contributed by atoms with E-state index in [-0.39, 0.29) is 0 Å². The van der Waals surface area contributed by atoms with E-state index in [1.54, 1.807) is 11.3 Å². The number of nitrogens with zero attached hydrogens (tertiary/aromatic N) is 1. The van der Waals surface area contributed by atoms with Gasteiger partial charge in [0.25, 0.3) is 0 Å². The molecule has 1 rings (SSSR count). The Balaban J connectivity index is 2.22. The summed E-state index contributed by atoms with van der Waals surface area (Å²) in [4.78, 5) is 4.25. The molecule has 0 aliphatic rings. The van der Waals surface area contributed by atoms with Crippen molar-refractivity contribution in [2.45, 2.75) is 26.3 Å². The van der Waals surface area contributed by atoms with E-state index in [2.05, 4.69) is 29.4 Å². The summed E-state index contributed by atoms with van der Waals surface area (Å²) >= 11 is 1.70. The van der Waals surface area contributed by atoms with Gasteiger partial charge in [-0.2, -0.15) is 0 Å². The SMILES string of the molecule is C/C=C/CCNC(C)c1nccs1. The van der Waals surface area contributed by atoms with Crippen LogP contribution in [0.1, 0.15) is 31.3 Å². The number of hydrogen-bond acceptors (Lipinski definition) is 3. The van der Waals surface area contributed by atoms with Crippen molar-refractivity contribution >= 4 is 11.3 Å². The van der Waals surface area contributed by atoms with Crippen LogP contribution in [0.3, 0.4) is 0 Å². The highest BCUT2D eigenvalue weighted by atomic mass is 32.1. The van der Waals surface area contributed by atoms with Gasteiger partial charge in [-0.3, -0.25) is 0 Å². The van der Waals surface area contributed by atoms with E-state index in [1.807, 2.05) is 18.5 Å². The molecule has 13 heavy (non-hydrogen) atoms. The third-order valence-electron chi connectivity index (χ3n) is 1.82. The first kappa shape index (κ1) is 10.4. The average molecular weight is 196 g/mol. The molecule has 0 radical (unpaired) electrons. The summed E-state index contributed by atoms with van der Waals surface area (Å²) in [6, 6.07) is 0.380. The highest BCUT2D eigenvalue weighted by Gasteiger charge is 2.04. The van der Waals surface area contributed by atoms with Gasteiger partial charge in [-0.15, -0.1) is 11.3 Å². The lowest BCUT2D eigenvalue weighted by molar-refractivity contribution is 0.578. The molecule has 2 nitrogen and oxygen atoms in total. The van der Waals surface area contributed by atoms with E-state index in [1.165, 1.54) is 5.01 Å². The summed E-state index contributed by atoms with van der Waals surface area (Å²) in [5.74, 6) is 0. The number of thiazole rings is 1. The van der Waals surface area contributed by atoms with Gasteiger partial charge in [-0.1, -0.05) is 12.2 Å². The monoisotopic (exact) mass is 196 g/mol. The van der Waals surface area contributed by atoms with Crippen LogP contribution in [0.25, 0.3) is 0 Å². The molecule has 0 aliphatic carbocycles. The molecule has 0 fully saturated rings. The Bertz CT molecular complexity index is 241. The molecule has 72 valence electrons. The van der Waals surface area contributed by atoms with Crippen molar-refractivity contribution in [1.29, 1.82) is 0 Å². The van der Waals surface area contributed by atoms with Gasteiger partial charge in [-0.25, -0.2) is 4.98 Å². The molecule has 1 N–H and O–H groups in total. The highest BCUT2D eigenvalue weighted by molar-refractivity contribution is 7.09. The Morgan fingerprint density at radius 2 is 2.54 bits per heavy atom. The molecule has 0 aliphatic heterocycles. The predicted molar refractivity (Wildman–Crippen MR) is 58.0 cm³/mol. The molecule has 3 heteroatoms. The molecule has 1 unspecified atom stereocenters. The molecule has 1 aromatic rings. The zero-order valence-electron chi connectivity index (χ0n) is 8.16. The van der Waals surface area contributed by atoms with E-state index in [4.69, 9.17) is 0 Å². The maximum Gasteiger partial charge on any atom is 0.109 e. The third-order valence-corrected chi connectivity index (χ3v) is 2.78. The molecule has 1 aromatic heterocycles. The predicted octanol–water partition coefficient (Wildman–Crippen LogP) is 2.76. The van der Waals surface area contributed by atoms with Crippen molar-refractivity contribution < 1.29 is 0 Å². The highest BCUT2D eigenvalue weighted by Crippen LogP contribution is 2.14. The molecule has 0 saturated carbocycles. The lowest BCUT2D eigenvalue weighted by atomic mass is 10.3. The standard InChI is InChI=1S/C10H16N2S/c1-3-4-5-6-11-9(2)10-12-7-8-13-10/h3-4,7-9,11H,5-6H2,1-2H3/b4-3+. The number of nitrogens with one attached hydrogen (secondary N) is 1. The van der Waals surface area contributed by atoms with Crippen LogP contribution in [0.5, 0.6) is 0 Å². The Hall–Kier alpha value is -0.670. The van der Waals surface area contributed by atoms with Crippen LogP contribution in [-0.2, 0) is 0 Å². The van der Waals surface area contributed by atoms with Gasteiger partial charge in [-0.05, 0) is 26.8 Å². The van der Waals surface area contributed by atoms with Gasteiger partial charge in [0.05, 0.1) is 6.04 Å². The van der Waals surface area contributed by atoms with Crippen molar-refractivity contribution in [3.63, 3.8) is 0 Å². The smallest absolute Gasteiger partial charge is 0.109 e. The van der Waals surface area contributed by atoms with Gasteiger partial charge in [0.2, 0.25) is 0 Å². The van der Waals surface area contributed by atoms with E-state index in [9.17, 15) is 0 Å². The van der Waals surface area contributed by atoms with Crippen molar-refractivity contribution in [3.05, 3.63) is 28.7 Å². The molecule has 0 amide bonds. The van der Waals surface area contributed by atoms with Gasteiger partial charge < -0.3 is 5.32 Å². The van der Waals surface area contributed by atoms with E-state index in [0.717, 1.165) is 13.0 Å². The Morgan fingerprint density at radius 3 is 3.15 bits per heavy atom. The van der Waals surface area contributed by atoms with E-state index >= 15 is 0 Å². The van der Waals surface area contributed by atoms with Crippen molar-refractivity contribution in [2.75, 3.05) is 6.54 Å². The quantitative estimate of drug-likeness (QED) is 0.578. The van der Waals surface area contributed by atoms with Crippen molar-refractivity contribution in [3.8, 4) is 0 Å². The second-order valence-electron chi connectivity index (χ2n) is 2.90. The number of aromatic nitrogens is 1. The average Bonchev–Trinajstić information content (AvgIpc) is 2.65. The molecule has 0 saturated heterocycles. The molecule has 1 atom stereocenters. The summed E-state index contributed by atoms with van der Waals surface area (Å²) < 4.78 is 0. The van der Waals surface area contributed by atoms with Gasteiger partial charge in [0.1, 0.15) is 5.01 Å². The molecule has 0 aromatic carbocycles. The maximum absolute atomic E-state index is 4.25. The van der Waals surface area contributed by atoms with Crippen LogP contribution in [0, 0.1) is 0 Å². The lowest BCUT2D eigenvalue weighted by Gasteiger charge is -2.09. The van der Waals surface area contributed by atoms with Gasteiger partial charge >= 0.3 is 0 Å². The van der Waals surface area contributed by atoms with Gasteiger partial charge in [0, 0.05) is 11.6 Å². The summed E-state index contributed by atoms with van der Waals surface area (Å²) in [6.45, 7) is 5.21. The normalized spacial score (nSPS) is 13.7. The maximum atomic E-state index is 4.25. The first-order chi connectivity index (χ1) is 6.34. The summed E-state index contributed by atoms with van der Waals surface area (Å²) in [5.41, 5.74) is 0. The fourth-order valence-corrected chi connectivity index (χ4v) is 1.76. The minimum Gasteiger partial charge on any atom is -0.308 e.